The minimum atomic E-state index is -0.671. The van der Waals surface area contributed by atoms with E-state index in [1.165, 1.54) is 0 Å². The fourth-order valence-electron chi connectivity index (χ4n) is 2.51. The third-order valence-electron chi connectivity index (χ3n) is 3.76. The number of nitrogens with two attached hydrogens (primary N) is 1. The van der Waals surface area contributed by atoms with Crippen molar-refractivity contribution in [1.82, 2.24) is 30.2 Å². The Hall–Kier alpha value is -3.75. The van der Waals surface area contributed by atoms with Crippen molar-refractivity contribution in [1.29, 1.82) is 0 Å². The number of nitrogen functional groups attached to an aromatic ring is 1. The molecule has 0 unspecified atom stereocenters. The standard InChI is InChI=1S/C17H11F2N7/c18-12-3-4-14(19)15(7-12)26-17(23-24-25-26)13-6-11(9-22-16(13)20)10-2-1-5-21-8-10/h1-9H,(H2,20,22). The maximum Gasteiger partial charge on any atom is 0.190 e. The van der Waals surface area contributed by atoms with Crippen LogP contribution in [-0.2, 0) is 0 Å². The fraction of sp³-hybridized carbons (Fsp3) is 0. The molecule has 0 aliphatic carbocycles. The van der Waals surface area contributed by atoms with Gasteiger partial charge in [-0.05, 0) is 34.7 Å². The van der Waals surface area contributed by atoms with Gasteiger partial charge in [-0.1, -0.05) is 6.07 Å². The number of hydrogen-bond acceptors (Lipinski definition) is 6. The average molecular weight is 351 g/mol. The fourth-order valence-corrected chi connectivity index (χ4v) is 2.51. The highest BCUT2D eigenvalue weighted by Gasteiger charge is 2.18. The third-order valence-corrected chi connectivity index (χ3v) is 3.76. The molecule has 128 valence electrons. The molecule has 7 nitrogen and oxygen atoms in total. The maximum absolute atomic E-state index is 14.1. The van der Waals surface area contributed by atoms with Gasteiger partial charge in [-0.15, -0.1) is 5.10 Å². The second kappa shape index (κ2) is 6.28. The molecule has 9 heteroatoms. The summed E-state index contributed by atoms with van der Waals surface area (Å²) in [4.78, 5) is 8.23. The van der Waals surface area contributed by atoms with E-state index in [9.17, 15) is 8.78 Å². The molecule has 0 spiro atoms. The van der Waals surface area contributed by atoms with Gasteiger partial charge in [-0.2, -0.15) is 4.68 Å². The maximum atomic E-state index is 14.1. The van der Waals surface area contributed by atoms with Crippen LogP contribution in [0.25, 0.3) is 28.2 Å². The number of halogens is 2. The van der Waals surface area contributed by atoms with Crippen LogP contribution in [0.2, 0.25) is 0 Å². The first-order valence-electron chi connectivity index (χ1n) is 7.53. The van der Waals surface area contributed by atoms with Gasteiger partial charge >= 0.3 is 0 Å². The van der Waals surface area contributed by atoms with Gasteiger partial charge in [-0.3, -0.25) is 4.98 Å². The lowest BCUT2D eigenvalue weighted by atomic mass is 10.1. The first-order chi connectivity index (χ1) is 12.6. The van der Waals surface area contributed by atoms with Crippen LogP contribution in [0, 0.1) is 11.6 Å². The molecule has 0 amide bonds. The van der Waals surface area contributed by atoms with E-state index in [2.05, 4.69) is 25.5 Å². The molecule has 4 rings (SSSR count). The zero-order chi connectivity index (χ0) is 18.1. The Balaban J connectivity index is 1.88. The van der Waals surface area contributed by atoms with Crippen molar-refractivity contribution in [3.8, 4) is 28.2 Å². The SMILES string of the molecule is Nc1ncc(-c2cccnc2)cc1-c1nnnn1-c1cc(F)ccc1F. The number of hydrogen-bond donors (Lipinski definition) is 1. The second-order valence-electron chi connectivity index (χ2n) is 5.41. The first kappa shape index (κ1) is 15.8. The number of rotatable bonds is 3. The lowest BCUT2D eigenvalue weighted by Crippen LogP contribution is -2.05. The highest BCUT2D eigenvalue weighted by atomic mass is 19.1. The van der Waals surface area contributed by atoms with Crippen molar-refractivity contribution in [2.24, 2.45) is 0 Å². The van der Waals surface area contributed by atoms with E-state index in [-0.39, 0.29) is 17.3 Å². The van der Waals surface area contributed by atoms with E-state index < -0.39 is 11.6 Å². The van der Waals surface area contributed by atoms with Gasteiger partial charge in [0, 0.05) is 35.8 Å². The molecule has 3 aromatic heterocycles. The molecule has 26 heavy (non-hydrogen) atoms. The molecule has 0 radical (unpaired) electrons. The molecule has 0 bridgehead atoms. The van der Waals surface area contributed by atoms with Crippen molar-refractivity contribution in [3.63, 3.8) is 0 Å². The Morgan fingerprint density at radius 3 is 2.69 bits per heavy atom. The minimum Gasteiger partial charge on any atom is -0.383 e. The molecule has 0 saturated carbocycles. The molecule has 0 fully saturated rings. The number of benzene rings is 1. The molecule has 3 heterocycles. The van der Waals surface area contributed by atoms with Gasteiger partial charge in [0.2, 0.25) is 0 Å². The van der Waals surface area contributed by atoms with Crippen LogP contribution in [0.15, 0.2) is 55.0 Å². The molecule has 0 saturated heterocycles. The largest absolute Gasteiger partial charge is 0.383 e. The molecule has 2 N–H and O–H groups in total. The van der Waals surface area contributed by atoms with Crippen LogP contribution >= 0.6 is 0 Å². The Bertz CT molecular complexity index is 1080. The van der Waals surface area contributed by atoms with E-state index in [0.29, 0.717) is 5.56 Å². The van der Waals surface area contributed by atoms with Crippen molar-refractivity contribution in [2.45, 2.75) is 0 Å². The summed E-state index contributed by atoms with van der Waals surface area (Å²) in [6.45, 7) is 0. The summed E-state index contributed by atoms with van der Waals surface area (Å²) in [6, 6.07) is 8.39. The van der Waals surface area contributed by atoms with Gasteiger partial charge in [0.15, 0.2) is 5.82 Å². The Morgan fingerprint density at radius 2 is 1.88 bits per heavy atom. The van der Waals surface area contributed by atoms with E-state index in [1.807, 2.05) is 6.07 Å². The van der Waals surface area contributed by atoms with Crippen molar-refractivity contribution < 1.29 is 8.78 Å². The smallest absolute Gasteiger partial charge is 0.190 e. The van der Waals surface area contributed by atoms with Crippen LogP contribution in [0.1, 0.15) is 0 Å². The van der Waals surface area contributed by atoms with Crippen molar-refractivity contribution in [2.75, 3.05) is 5.73 Å². The molecule has 4 aromatic rings. The summed E-state index contributed by atoms with van der Waals surface area (Å²) in [5, 5.41) is 11.2. The van der Waals surface area contributed by atoms with E-state index in [1.54, 1.807) is 30.7 Å². The predicted molar refractivity (Wildman–Crippen MR) is 89.9 cm³/mol. The van der Waals surface area contributed by atoms with Crippen LogP contribution in [0.3, 0.4) is 0 Å². The van der Waals surface area contributed by atoms with Crippen LogP contribution in [0.5, 0.6) is 0 Å². The van der Waals surface area contributed by atoms with E-state index in [4.69, 9.17) is 5.73 Å². The zero-order valence-corrected chi connectivity index (χ0v) is 13.2. The molecule has 0 atom stereocenters. The molecule has 0 aliphatic rings. The highest BCUT2D eigenvalue weighted by molar-refractivity contribution is 5.76. The van der Waals surface area contributed by atoms with Crippen molar-refractivity contribution in [3.05, 3.63) is 66.6 Å². The molecule has 1 aromatic carbocycles. The summed E-state index contributed by atoms with van der Waals surface area (Å²) >= 11 is 0. The van der Waals surface area contributed by atoms with Crippen LogP contribution in [-0.4, -0.2) is 30.2 Å². The van der Waals surface area contributed by atoms with Crippen LogP contribution in [0.4, 0.5) is 14.6 Å². The molecular weight excluding hydrogens is 340 g/mol. The zero-order valence-electron chi connectivity index (χ0n) is 13.2. The highest BCUT2D eigenvalue weighted by Crippen LogP contribution is 2.29. The predicted octanol–water partition coefficient (Wildman–Crippen LogP) is 2.65. The third kappa shape index (κ3) is 2.75. The van der Waals surface area contributed by atoms with E-state index in [0.717, 1.165) is 34.0 Å². The van der Waals surface area contributed by atoms with Gasteiger partial charge in [0.25, 0.3) is 0 Å². The lowest BCUT2D eigenvalue weighted by Gasteiger charge is -2.09. The summed E-state index contributed by atoms with van der Waals surface area (Å²) in [5.41, 5.74) is 7.78. The molecule has 0 aliphatic heterocycles. The van der Waals surface area contributed by atoms with E-state index >= 15 is 0 Å². The first-order valence-corrected chi connectivity index (χ1v) is 7.53. The summed E-state index contributed by atoms with van der Waals surface area (Å²) < 4.78 is 28.8. The Labute approximate surface area is 146 Å². The monoisotopic (exact) mass is 351 g/mol. The number of tetrazole rings is 1. The number of aromatic nitrogens is 6. The second-order valence-corrected chi connectivity index (χ2v) is 5.41. The lowest BCUT2D eigenvalue weighted by molar-refractivity contribution is 0.584. The van der Waals surface area contributed by atoms with Crippen molar-refractivity contribution >= 4 is 5.82 Å². The quantitative estimate of drug-likeness (QED) is 0.610. The van der Waals surface area contributed by atoms with Crippen LogP contribution < -0.4 is 5.73 Å². The summed E-state index contributed by atoms with van der Waals surface area (Å²) in [6.07, 6.45) is 4.92. The van der Waals surface area contributed by atoms with Gasteiger partial charge in [0.1, 0.15) is 23.1 Å². The summed E-state index contributed by atoms with van der Waals surface area (Å²) in [5.74, 6) is -0.983. The summed E-state index contributed by atoms with van der Waals surface area (Å²) in [7, 11) is 0. The number of pyridine rings is 2. The normalized spacial score (nSPS) is 10.8. The van der Waals surface area contributed by atoms with Gasteiger partial charge in [0.05, 0.1) is 5.56 Å². The minimum absolute atomic E-state index is 0.129. The Morgan fingerprint density at radius 1 is 1.00 bits per heavy atom. The van der Waals surface area contributed by atoms with Gasteiger partial charge in [-0.25, -0.2) is 13.8 Å². The number of anilines is 1. The Kier molecular flexibility index (Phi) is 3.81. The van der Waals surface area contributed by atoms with Gasteiger partial charge < -0.3 is 5.73 Å². The average Bonchev–Trinajstić information content (AvgIpc) is 3.14. The topological polar surface area (TPSA) is 95.4 Å². The number of nitrogens with zero attached hydrogens (tertiary/aromatic N) is 6. The molecular formula is C17H11F2N7.